The highest BCUT2D eigenvalue weighted by Crippen LogP contribution is 2.60. The lowest BCUT2D eigenvalue weighted by atomic mass is 9.60. The molecule has 166 valence electrons. The van der Waals surface area contributed by atoms with Crippen molar-refractivity contribution in [1.82, 2.24) is 0 Å². The van der Waals surface area contributed by atoms with E-state index in [9.17, 15) is 15.0 Å². The van der Waals surface area contributed by atoms with E-state index < -0.39 is 12.2 Å². The molecule has 4 rings (SSSR count). The van der Waals surface area contributed by atoms with Gasteiger partial charge in [-0.05, 0) is 91.6 Å². The molecule has 0 radical (unpaired) electrons. The third-order valence-corrected chi connectivity index (χ3v) is 9.04. The van der Waals surface area contributed by atoms with Gasteiger partial charge in [-0.15, -0.1) is 0 Å². The Bertz CT molecular complexity index is 747. The Hall–Kier alpha value is -1.19. The van der Waals surface area contributed by atoms with Crippen LogP contribution in [0.2, 0.25) is 0 Å². The number of carbonyl (C=O) groups excluding carboxylic acids is 1. The molecule has 3 nitrogen and oxygen atoms in total. The second kappa shape index (κ2) is 8.74. The molecular weight excluding hydrogens is 372 g/mol. The number of aliphatic hydroxyl groups excluding tert-OH is 2. The van der Waals surface area contributed by atoms with Crippen molar-refractivity contribution >= 4 is 5.78 Å². The first-order chi connectivity index (χ1) is 14.3. The summed E-state index contributed by atoms with van der Waals surface area (Å²) < 4.78 is 0. The first kappa shape index (κ1) is 22.0. The molecule has 0 aliphatic heterocycles. The van der Waals surface area contributed by atoms with E-state index in [1.807, 2.05) is 0 Å². The van der Waals surface area contributed by atoms with Gasteiger partial charge in [0, 0.05) is 19.3 Å². The largest absolute Gasteiger partial charge is 0.393 e. The molecule has 30 heavy (non-hydrogen) atoms. The fourth-order valence-corrected chi connectivity index (χ4v) is 7.46. The minimum atomic E-state index is -0.616. The van der Waals surface area contributed by atoms with E-state index in [0.717, 1.165) is 36.3 Å². The van der Waals surface area contributed by atoms with Gasteiger partial charge >= 0.3 is 0 Å². The van der Waals surface area contributed by atoms with Crippen molar-refractivity contribution < 1.29 is 15.0 Å². The van der Waals surface area contributed by atoms with Crippen LogP contribution in [0.15, 0.2) is 35.5 Å². The molecule has 4 saturated carbocycles. The average Bonchev–Trinajstić information content (AvgIpc) is 3.25. The molecule has 0 aromatic heterocycles. The van der Waals surface area contributed by atoms with Crippen LogP contribution in [-0.4, -0.2) is 28.2 Å². The number of aliphatic hydroxyl groups is 2. The van der Waals surface area contributed by atoms with Crippen molar-refractivity contribution in [1.29, 1.82) is 0 Å². The zero-order chi connectivity index (χ0) is 21.5. The van der Waals surface area contributed by atoms with Crippen LogP contribution in [0, 0.1) is 29.1 Å². The van der Waals surface area contributed by atoms with Crippen LogP contribution in [0.3, 0.4) is 0 Å². The summed E-state index contributed by atoms with van der Waals surface area (Å²) in [6.45, 7) is 9.03. The van der Waals surface area contributed by atoms with E-state index in [4.69, 9.17) is 0 Å². The highest BCUT2D eigenvalue weighted by atomic mass is 16.3. The maximum absolute atomic E-state index is 11.7. The number of hydrogen-bond donors (Lipinski definition) is 2. The summed E-state index contributed by atoms with van der Waals surface area (Å²) in [5.74, 6) is 3.18. The van der Waals surface area contributed by atoms with Gasteiger partial charge in [-0.3, -0.25) is 4.79 Å². The Labute approximate surface area is 182 Å². The standard InChI is InChI=1S/C27H40O3/c1-17(13-19-6-9-22(28)14-19)24-10-11-25-20(5-4-12-27(24,25)3)7-8-21-15-23(29)16-26(30)18(21)2/h7-8,17,19,23-26,29-30H,2,4-6,9-16H2,1,3H3/b20-7+,21-8-/t17?,19?,23-,24?,25?,26+,27-/m1/s1. The molecule has 0 heterocycles. The van der Waals surface area contributed by atoms with E-state index in [-0.39, 0.29) is 0 Å². The summed E-state index contributed by atoms with van der Waals surface area (Å²) in [7, 11) is 0. The second-order valence-corrected chi connectivity index (χ2v) is 11.0. The van der Waals surface area contributed by atoms with Crippen molar-refractivity contribution in [3.8, 4) is 0 Å². The van der Waals surface area contributed by atoms with E-state index in [0.29, 0.717) is 41.8 Å². The van der Waals surface area contributed by atoms with Gasteiger partial charge in [0.25, 0.3) is 0 Å². The normalized spacial score (nSPS) is 43.4. The molecule has 0 aromatic carbocycles. The van der Waals surface area contributed by atoms with Crippen molar-refractivity contribution in [2.45, 2.75) is 96.7 Å². The first-order valence-corrected chi connectivity index (χ1v) is 12.2. The topological polar surface area (TPSA) is 57.5 Å². The van der Waals surface area contributed by atoms with Crippen molar-refractivity contribution in [3.05, 3.63) is 35.5 Å². The number of hydrogen-bond acceptors (Lipinski definition) is 3. The van der Waals surface area contributed by atoms with Gasteiger partial charge in [-0.25, -0.2) is 0 Å². The Kier molecular flexibility index (Phi) is 6.42. The molecule has 2 N–H and O–H groups in total. The van der Waals surface area contributed by atoms with Gasteiger partial charge in [-0.1, -0.05) is 38.2 Å². The zero-order valence-electron chi connectivity index (χ0n) is 18.9. The Balaban J connectivity index is 1.48. The lowest BCUT2D eigenvalue weighted by Crippen LogP contribution is -2.36. The summed E-state index contributed by atoms with van der Waals surface area (Å²) in [5, 5.41) is 20.2. The predicted octanol–water partition coefficient (Wildman–Crippen LogP) is 5.52. The lowest BCUT2D eigenvalue weighted by molar-refractivity contribution is -0.117. The molecule has 4 fully saturated rings. The molecule has 0 aromatic rings. The summed E-state index contributed by atoms with van der Waals surface area (Å²) in [6, 6.07) is 0. The van der Waals surface area contributed by atoms with Crippen LogP contribution in [-0.2, 0) is 4.79 Å². The van der Waals surface area contributed by atoms with Gasteiger partial charge in [0.05, 0.1) is 12.2 Å². The van der Waals surface area contributed by atoms with Gasteiger partial charge in [-0.2, -0.15) is 0 Å². The monoisotopic (exact) mass is 412 g/mol. The molecule has 4 unspecified atom stereocenters. The molecule has 0 saturated heterocycles. The van der Waals surface area contributed by atoms with Crippen molar-refractivity contribution in [2.75, 3.05) is 0 Å². The van der Waals surface area contributed by atoms with Gasteiger partial charge in [0.15, 0.2) is 0 Å². The maximum Gasteiger partial charge on any atom is 0.133 e. The van der Waals surface area contributed by atoms with Crippen LogP contribution in [0.4, 0.5) is 0 Å². The third-order valence-electron chi connectivity index (χ3n) is 9.04. The number of rotatable bonds is 4. The van der Waals surface area contributed by atoms with E-state index in [1.54, 1.807) is 5.57 Å². The first-order valence-electron chi connectivity index (χ1n) is 12.2. The van der Waals surface area contributed by atoms with E-state index >= 15 is 0 Å². The molecule has 4 aliphatic carbocycles. The Morgan fingerprint density at radius 1 is 1.17 bits per heavy atom. The average molecular weight is 413 g/mol. The minimum absolute atomic E-state index is 0.368. The number of ketones is 1. The number of carbonyl (C=O) groups is 1. The number of allylic oxidation sites excluding steroid dienone is 3. The molecule has 7 atom stereocenters. The van der Waals surface area contributed by atoms with Crippen LogP contribution in [0.1, 0.15) is 84.5 Å². The predicted molar refractivity (Wildman–Crippen MR) is 121 cm³/mol. The summed E-state index contributed by atoms with van der Waals surface area (Å²) in [6.07, 6.45) is 14.6. The molecule has 0 bridgehead atoms. The Morgan fingerprint density at radius 2 is 1.97 bits per heavy atom. The smallest absolute Gasteiger partial charge is 0.133 e. The van der Waals surface area contributed by atoms with E-state index in [1.165, 1.54) is 38.5 Å². The Morgan fingerprint density at radius 3 is 2.70 bits per heavy atom. The van der Waals surface area contributed by atoms with Crippen molar-refractivity contribution in [3.63, 3.8) is 0 Å². The molecule has 0 spiro atoms. The van der Waals surface area contributed by atoms with E-state index in [2.05, 4.69) is 32.6 Å². The quantitative estimate of drug-likeness (QED) is 0.639. The maximum atomic E-state index is 11.7. The van der Waals surface area contributed by atoms with Gasteiger partial charge in [0.1, 0.15) is 5.78 Å². The summed E-state index contributed by atoms with van der Waals surface area (Å²) >= 11 is 0. The molecule has 4 aliphatic rings. The second-order valence-electron chi connectivity index (χ2n) is 11.0. The summed E-state index contributed by atoms with van der Waals surface area (Å²) in [4.78, 5) is 11.7. The summed E-state index contributed by atoms with van der Waals surface area (Å²) in [5.41, 5.74) is 3.71. The van der Waals surface area contributed by atoms with Gasteiger partial charge < -0.3 is 10.2 Å². The zero-order valence-corrected chi connectivity index (χ0v) is 18.9. The van der Waals surface area contributed by atoms with Gasteiger partial charge in [0.2, 0.25) is 0 Å². The highest BCUT2D eigenvalue weighted by molar-refractivity contribution is 5.80. The van der Waals surface area contributed by atoms with Crippen LogP contribution in [0.25, 0.3) is 0 Å². The molecule has 3 heteroatoms. The molecule has 0 amide bonds. The SMILES string of the molecule is C=C1/C(=C\C=C2/CCC[C@@]3(C)C2CCC3C(C)CC2CCC(=O)C2)C[C@@H](O)C[C@@H]1O. The van der Waals surface area contributed by atoms with Crippen LogP contribution >= 0.6 is 0 Å². The van der Waals surface area contributed by atoms with Crippen molar-refractivity contribution in [2.24, 2.45) is 29.1 Å². The van der Waals surface area contributed by atoms with Crippen LogP contribution in [0.5, 0.6) is 0 Å². The highest BCUT2D eigenvalue weighted by Gasteiger charge is 2.50. The number of Topliss-reactive ketones (excluding diaryl/α,β-unsaturated/α-hetero) is 1. The van der Waals surface area contributed by atoms with Crippen LogP contribution < -0.4 is 0 Å². The fraction of sp³-hybridized carbons (Fsp3) is 0.741. The third kappa shape index (κ3) is 4.25. The lowest BCUT2D eigenvalue weighted by Gasteiger charge is -2.44. The fourth-order valence-electron chi connectivity index (χ4n) is 7.46. The number of fused-ring (bicyclic) bond motifs is 1. The minimum Gasteiger partial charge on any atom is -0.393 e. The molecular formula is C27H40O3.